The number of carbonyl (C=O) groups excluding carboxylic acids is 1. The number of nitrogens with zero attached hydrogens (tertiary/aromatic N) is 2. The van der Waals surface area contributed by atoms with Gasteiger partial charge in [0.1, 0.15) is 17.1 Å². The lowest BCUT2D eigenvalue weighted by molar-refractivity contribution is -0.130. The Kier molecular flexibility index (Phi) is 7.21. The molecule has 3 heterocycles. The first kappa shape index (κ1) is 28.2. The van der Waals surface area contributed by atoms with Crippen LogP contribution in [0, 0.1) is 11.8 Å². The normalized spacial score (nSPS) is 27.1. The number of anilines is 1. The van der Waals surface area contributed by atoms with Gasteiger partial charge in [0.15, 0.2) is 5.66 Å². The molecule has 1 amide bonds. The predicted molar refractivity (Wildman–Crippen MR) is 148 cm³/mol. The Labute approximate surface area is 241 Å². The fraction of sp³-hybridized carbons (Fsp3) is 0.444. The van der Waals surface area contributed by atoms with Gasteiger partial charge >= 0.3 is 6.61 Å². The van der Waals surface area contributed by atoms with Crippen LogP contribution in [-0.2, 0) is 4.79 Å². The summed E-state index contributed by atoms with van der Waals surface area (Å²) >= 11 is 12.9. The number of hydrazine groups is 1. The van der Waals surface area contributed by atoms with E-state index in [2.05, 4.69) is 15.1 Å². The van der Waals surface area contributed by atoms with Crippen molar-refractivity contribution in [2.24, 2.45) is 17.6 Å². The van der Waals surface area contributed by atoms with E-state index in [1.54, 1.807) is 29.3 Å². The largest absolute Gasteiger partial charge is 0.482 e. The first-order valence-electron chi connectivity index (χ1n) is 12.6. The van der Waals surface area contributed by atoms with Gasteiger partial charge in [-0.15, -0.1) is 12.4 Å². The van der Waals surface area contributed by atoms with Crippen LogP contribution in [0.5, 0.6) is 11.5 Å². The molecule has 2 fully saturated rings. The van der Waals surface area contributed by atoms with Crippen molar-refractivity contribution in [2.45, 2.75) is 51.0 Å². The molecule has 0 aromatic heterocycles. The highest BCUT2D eigenvalue weighted by atomic mass is 35.5. The minimum atomic E-state index is -2.98. The Morgan fingerprint density at radius 3 is 2.46 bits per heavy atom. The van der Waals surface area contributed by atoms with Crippen molar-refractivity contribution in [3.05, 3.63) is 57.6 Å². The zero-order chi connectivity index (χ0) is 27.0. The highest BCUT2D eigenvalue weighted by Crippen LogP contribution is 2.54. The molecule has 3 atom stereocenters. The fourth-order valence-electron chi connectivity index (χ4n) is 6.73. The second kappa shape index (κ2) is 9.96. The van der Waals surface area contributed by atoms with Gasteiger partial charge in [0.05, 0.1) is 16.4 Å². The SMILES string of the molecule is CC1(C)Oc2cc(OC(F)F)ccc2C2=C1C(C(N)=O)(N1CC3CCCC3C1)NN2c1ccc(Cl)cc1Cl.Cl. The minimum absolute atomic E-state index is 0. The molecule has 1 saturated carbocycles. The molecule has 4 aliphatic rings. The maximum Gasteiger partial charge on any atom is 0.387 e. The third-order valence-electron chi connectivity index (χ3n) is 8.20. The van der Waals surface area contributed by atoms with Crippen LogP contribution in [0.4, 0.5) is 14.5 Å². The third kappa shape index (κ3) is 4.43. The molecule has 1 aliphatic carbocycles. The van der Waals surface area contributed by atoms with E-state index < -0.39 is 23.8 Å². The number of hydrogen-bond acceptors (Lipinski definition) is 6. The number of likely N-dealkylation sites (tertiary alicyclic amines) is 1. The van der Waals surface area contributed by atoms with Gasteiger partial charge in [-0.25, -0.2) is 0 Å². The number of amides is 1. The maximum atomic E-state index is 13.6. The molecule has 12 heteroatoms. The van der Waals surface area contributed by atoms with Crippen molar-refractivity contribution in [3.8, 4) is 11.5 Å². The molecule has 0 spiro atoms. The monoisotopic (exact) mass is 600 g/mol. The molecule has 7 nitrogen and oxygen atoms in total. The van der Waals surface area contributed by atoms with Crippen LogP contribution < -0.4 is 25.6 Å². The van der Waals surface area contributed by atoms with E-state index in [0.717, 1.165) is 12.8 Å². The van der Waals surface area contributed by atoms with E-state index in [1.807, 2.05) is 13.8 Å². The van der Waals surface area contributed by atoms with Gasteiger partial charge < -0.3 is 15.2 Å². The van der Waals surface area contributed by atoms with Crippen LogP contribution in [0.15, 0.2) is 42.0 Å². The van der Waals surface area contributed by atoms with Gasteiger partial charge in [0, 0.05) is 35.3 Å². The second-order valence-corrected chi connectivity index (χ2v) is 11.7. The molecule has 0 radical (unpaired) electrons. The van der Waals surface area contributed by atoms with E-state index in [9.17, 15) is 13.6 Å². The summed E-state index contributed by atoms with van der Waals surface area (Å²) < 4.78 is 37.0. The van der Waals surface area contributed by atoms with E-state index in [-0.39, 0.29) is 18.2 Å². The van der Waals surface area contributed by atoms with Gasteiger partial charge in [0.2, 0.25) is 0 Å². The smallest absolute Gasteiger partial charge is 0.387 e. The number of nitrogens with one attached hydrogen (secondary N) is 1. The summed E-state index contributed by atoms with van der Waals surface area (Å²) in [6.07, 6.45) is 3.42. The minimum Gasteiger partial charge on any atom is -0.482 e. The summed E-state index contributed by atoms with van der Waals surface area (Å²) in [6.45, 7) is 2.13. The molecular formula is C27H29Cl3F2N4O3. The zero-order valence-corrected chi connectivity index (χ0v) is 23.7. The average molecular weight is 602 g/mol. The summed E-state index contributed by atoms with van der Waals surface area (Å²) in [7, 11) is 0. The van der Waals surface area contributed by atoms with E-state index >= 15 is 0 Å². The predicted octanol–water partition coefficient (Wildman–Crippen LogP) is 5.84. The van der Waals surface area contributed by atoms with E-state index in [0.29, 0.717) is 63.2 Å². The fourth-order valence-corrected chi connectivity index (χ4v) is 7.23. The van der Waals surface area contributed by atoms with Crippen LogP contribution in [0.1, 0.15) is 38.7 Å². The summed E-state index contributed by atoms with van der Waals surface area (Å²) in [5.41, 5.74) is 9.67. The van der Waals surface area contributed by atoms with Crippen LogP contribution in [0.3, 0.4) is 0 Å². The number of nitrogens with two attached hydrogens (primary N) is 1. The Morgan fingerprint density at radius 2 is 1.85 bits per heavy atom. The van der Waals surface area contributed by atoms with Crippen LogP contribution in [0.2, 0.25) is 10.0 Å². The summed E-state index contributed by atoms with van der Waals surface area (Å²) in [5.74, 6) is 0.713. The molecule has 3 unspecified atom stereocenters. The van der Waals surface area contributed by atoms with Gasteiger partial charge in [-0.05, 0) is 68.9 Å². The number of carbonyl (C=O) groups is 1. The number of ether oxygens (including phenoxy) is 2. The number of primary amides is 1. The summed E-state index contributed by atoms with van der Waals surface area (Å²) in [4.78, 5) is 15.8. The van der Waals surface area contributed by atoms with Crippen molar-refractivity contribution in [3.63, 3.8) is 0 Å². The van der Waals surface area contributed by atoms with Gasteiger partial charge in [-0.1, -0.05) is 29.6 Å². The summed E-state index contributed by atoms with van der Waals surface area (Å²) in [5, 5.41) is 2.57. The van der Waals surface area contributed by atoms with Crippen molar-refractivity contribution < 1.29 is 23.0 Å². The number of rotatable bonds is 5. The number of benzene rings is 2. The van der Waals surface area contributed by atoms with Gasteiger partial charge in [-0.2, -0.15) is 14.2 Å². The van der Waals surface area contributed by atoms with Crippen molar-refractivity contribution in [2.75, 3.05) is 18.1 Å². The lowest BCUT2D eigenvalue weighted by Gasteiger charge is -2.44. The molecular weight excluding hydrogens is 573 g/mol. The molecule has 210 valence electrons. The molecule has 1 saturated heterocycles. The molecule has 3 aliphatic heterocycles. The molecule has 2 aromatic rings. The Balaban J connectivity index is 0.00000308. The highest BCUT2D eigenvalue weighted by molar-refractivity contribution is 6.36. The van der Waals surface area contributed by atoms with E-state index in [4.69, 9.17) is 33.7 Å². The van der Waals surface area contributed by atoms with E-state index in [1.165, 1.54) is 18.6 Å². The average Bonchev–Trinajstić information content (AvgIpc) is 3.51. The van der Waals surface area contributed by atoms with Crippen molar-refractivity contribution in [1.29, 1.82) is 0 Å². The number of alkyl halides is 2. The number of halogens is 5. The zero-order valence-electron chi connectivity index (χ0n) is 21.3. The molecule has 0 bridgehead atoms. The maximum absolute atomic E-state index is 13.6. The lowest BCUT2D eigenvalue weighted by atomic mass is 9.81. The first-order valence-corrected chi connectivity index (χ1v) is 13.4. The second-order valence-electron chi connectivity index (χ2n) is 10.8. The third-order valence-corrected chi connectivity index (χ3v) is 8.74. The number of fused-ring (bicyclic) bond motifs is 3. The first-order chi connectivity index (χ1) is 18.0. The van der Waals surface area contributed by atoms with Gasteiger partial charge in [-0.3, -0.25) is 14.7 Å². The molecule has 39 heavy (non-hydrogen) atoms. The Hall–Kier alpha value is -2.30. The van der Waals surface area contributed by atoms with Crippen molar-refractivity contribution >= 4 is 52.9 Å². The molecule has 6 rings (SSSR count). The lowest BCUT2D eigenvalue weighted by Crippen LogP contribution is -2.69. The van der Waals surface area contributed by atoms with Crippen LogP contribution >= 0.6 is 35.6 Å². The number of hydrogen-bond donors (Lipinski definition) is 2. The quantitative estimate of drug-likeness (QED) is 0.449. The van der Waals surface area contributed by atoms with Crippen molar-refractivity contribution in [1.82, 2.24) is 10.3 Å². The van der Waals surface area contributed by atoms with Crippen LogP contribution in [-0.4, -0.2) is 41.8 Å². The topological polar surface area (TPSA) is 80.1 Å². The highest BCUT2D eigenvalue weighted by Gasteiger charge is 2.62. The molecule has 2 aromatic carbocycles. The molecule has 3 N–H and O–H groups in total. The Bertz CT molecular complexity index is 1350. The Morgan fingerprint density at radius 1 is 1.15 bits per heavy atom. The van der Waals surface area contributed by atoms with Gasteiger partial charge in [0.25, 0.3) is 5.91 Å². The summed E-state index contributed by atoms with van der Waals surface area (Å²) in [6, 6.07) is 9.61. The van der Waals surface area contributed by atoms with Crippen LogP contribution in [0.25, 0.3) is 5.70 Å². The standard InChI is InChI=1S/C27H28Cl2F2N4O3.ClH/c1-26(2)23-22(18-8-7-17(37-25(30)31)11-21(18)38-26)35(20-9-6-16(28)10-19(20)29)33-27(23,24(32)36)34-12-14-4-3-5-15(14)13-34;/h6-11,14-15,25,33H,3-5,12-13H2,1-2H3,(H2,32,36);1H.